The number of rotatable bonds is 8. The predicted molar refractivity (Wildman–Crippen MR) is 113 cm³/mol. The first kappa shape index (κ1) is 21.2. The quantitative estimate of drug-likeness (QED) is 0.694. The third kappa shape index (κ3) is 6.21. The highest BCUT2D eigenvalue weighted by atomic mass is 16.5. The Hall–Kier alpha value is -2.14. The summed E-state index contributed by atoms with van der Waals surface area (Å²) in [6, 6.07) is 17.2. The number of nitrogens with two attached hydrogens (primary N) is 1. The monoisotopic (exact) mass is 368 g/mol. The molecule has 0 fully saturated rings. The summed E-state index contributed by atoms with van der Waals surface area (Å²) >= 11 is 0. The lowest BCUT2D eigenvalue weighted by Gasteiger charge is -2.11. The van der Waals surface area contributed by atoms with Crippen molar-refractivity contribution in [2.75, 3.05) is 40.0 Å². The Morgan fingerprint density at radius 2 is 1.59 bits per heavy atom. The van der Waals surface area contributed by atoms with Crippen molar-refractivity contribution in [1.29, 1.82) is 0 Å². The van der Waals surface area contributed by atoms with E-state index in [2.05, 4.69) is 53.8 Å². The molecule has 4 nitrogen and oxygen atoms in total. The molecule has 0 heterocycles. The Morgan fingerprint density at radius 1 is 1.00 bits per heavy atom. The summed E-state index contributed by atoms with van der Waals surface area (Å²) in [4.78, 5) is 0. The van der Waals surface area contributed by atoms with Crippen LogP contribution in [0.5, 0.6) is 0 Å². The second-order valence-corrected chi connectivity index (χ2v) is 6.76. The van der Waals surface area contributed by atoms with E-state index in [0.717, 1.165) is 19.8 Å². The molecule has 2 aromatic rings. The van der Waals surface area contributed by atoms with Crippen molar-refractivity contribution < 1.29 is 9.47 Å². The zero-order chi connectivity index (χ0) is 19.5. The van der Waals surface area contributed by atoms with Crippen molar-refractivity contribution in [2.24, 2.45) is 5.73 Å². The van der Waals surface area contributed by atoms with Gasteiger partial charge in [-0.2, -0.15) is 0 Å². The highest BCUT2D eigenvalue weighted by molar-refractivity contribution is 5.78. The molecule has 0 bridgehead atoms. The van der Waals surface area contributed by atoms with Crippen LogP contribution in [0.25, 0.3) is 11.1 Å². The first-order chi connectivity index (χ1) is 13.2. The third-order valence-electron chi connectivity index (χ3n) is 4.34. The fourth-order valence-electron chi connectivity index (χ4n) is 3.20. The molecule has 0 spiro atoms. The van der Waals surface area contributed by atoms with Crippen molar-refractivity contribution in [2.45, 2.75) is 19.8 Å². The topological polar surface area (TPSA) is 56.5 Å². The molecule has 0 saturated carbocycles. The minimum absolute atomic E-state index is 0.400. The predicted octanol–water partition coefficient (Wildman–Crippen LogP) is 3.92. The highest BCUT2D eigenvalue weighted by Crippen LogP contribution is 2.44. The molecule has 3 rings (SSSR count). The molecule has 0 unspecified atom stereocenters. The Kier molecular flexibility index (Phi) is 9.05. The van der Waals surface area contributed by atoms with Crippen LogP contribution in [0.15, 0.2) is 60.3 Å². The third-order valence-corrected chi connectivity index (χ3v) is 4.34. The van der Waals surface area contributed by atoms with E-state index in [4.69, 9.17) is 15.2 Å². The van der Waals surface area contributed by atoms with Gasteiger partial charge < -0.3 is 20.5 Å². The second kappa shape index (κ2) is 11.5. The van der Waals surface area contributed by atoms with Crippen molar-refractivity contribution in [1.82, 2.24) is 5.32 Å². The molecule has 4 heteroatoms. The van der Waals surface area contributed by atoms with E-state index in [1.807, 2.05) is 20.0 Å². The standard InChI is InChI=1S/C15H14O.C8H18N2O/c1-16-10-15-13-8-4-2-6-11(13)12-7-3-5-9-14(12)15;1-8(2)7-10-4-6-11-5-3-9/h2-9,15H,10H2,1H3;7,10H,3-6,9H2,1-2H3. The van der Waals surface area contributed by atoms with Gasteiger partial charge in [-0.05, 0) is 42.3 Å². The van der Waals surface area contributed by atoms with Crippen LogP contribution in [0.2, 0.25) is 0 Å². The number of ether oxygens (including phenoxy) is 2. The zero-order valence-corrected chi connectivity index (χ0v) is 16.7. The van der Waals surface area contributed by atoms with Crippen LogP contribution in [0.1, 0.15) is 30.9 Å². The van der Waals surface area contributed by atoms with Crippen LogP contribution in [0.3, 0.4) is 0 Å². The molecule has 0 aliphatic heterocycles. The summed E-state index contributed by atoms with van der Waals surface area (Å²) in [5.41, 5.74) is 12.0. The Bertz CT molecular complexity index is 678. The van der Waals surface area contributed by atoms with Crippen LogP contribution in [0, 0.1) is 0 Å². The Morgan fingerprint density at radius 3 is 2.11 bits per heavy atom. The van der Waals surface area contributed by atoms with Crippen molar-refractivity contribution in [3.05, 3.63) is 71.4 Å². The molecular formula is C23H32N2O2. The number of hydrogen-bond acceptors (Lipinski definition) is 4. The average Bonchev–Trinajstić information content (AvgIpc) is 3.00. The molecule has 3 N–H and O–H groups in total. The molecule has 1 aliphatic carbocycles. The van der Waals surface area contributed by atoms with Crippen LogP contribution in [-0.4, -0.2) is 40.0 Å². The highest BCUT2D eigenvalue weighted by Gasteiger charge is 2.27. The van der Waals surface area contributed by atoms with Crippen molar-refractivity contribution in [3.8, 4) is 11.1 Å². The van der Waals surface area contributed by atoms with Gasteiger partial charge in [0.15, 0.2) is 0 Å². The van der Waals surface area contributed by atoms with Gasteiger partial charge in [0.05, 0.1) is 19.8 Å². The van der Waals surface area contributed by atoms with E-state index in [9.17, 15) is 0 Å². The molecule has 2 aromatic carbocycles. The number of benzene rings is 2. The molecule has 0 radical (unpaired) electrons. The van der Waals surface area contributed by atoms with Crippen LogP contribution in [0.4, 0.5) is 0 Å². The summed E-state index contributed by atoms with van der Waals surface area (Å²) in [6.45, 7) is 7.68. The lowest BCUT2D eigenvalue weighted by atomic mass is 9.98. The lowest BCUT2D eigenvalue weighted by molar-refractivity contribution is 0.145. The van der Waals surface area contributed by atoms with E-state index in [0.29, 0.717) is 19.1 Å². The minimum Gasteiger partial charge on any atom is -0.389 e. The molecule has 0 amide bonds. The van der Waals surface area contributed by atoms with E-state index in [1.165, 1.54) is 27.8 Å². The molecule has 146 valence electrons. The van der Waals surface area contributed by atoms with E-state index in [1.54, 1.807) is 7.11 Å². The van der Waals surface area contributed by atoms with Gasteiger partial charge in [-0.1, -0.05) is 54.1 Å². The summed E-state index contributed by atoms with van der Waals surface area (Å²) in [7, 11) is 1.77. The number of nitrogens with one attached hydrogen (secondary N) is 1. The van der Waals surface area contributed by atoms with Gasteiger partial charge in [0.2, 0.25) is 0 Å². The SMILES string of the molecule is CC(C)=CNCCOCCN.COCC1c2ccccc2-c2ccccc21. The van der Waals surface area contributed by atoms with Crippen molar-refractivity contribution >= 4 is 0 Å². The number of hydrogen-bond donors (Lipinski definition) is 2. The van der Waals surface area contributed by atoms with E-state index in [-0.39, 0.29) is 0 Å². The molecule has 0 aromatic heterocycles. The summed E-state index contributed by atoms with van der Waals surface area (Å²) in [5, 5.41) is 3.12. The first-order valence-electron chi connectivity index (χ1n) is 9.50. The number of methoxy groups -OCH3 is 1. The lowest BCUT2D eigenvalue weighted by Crippen LogP contribution is -2.17. The van der Waals surface area contributed by atoms with Gasteiger partial charge in [0.25, 0.3) is 0 Å². The number of allylic oxidation sites excluding steroid dienone is 1. The normalized spacial score (nSPS) is 11.9. The fourth-order valence-corrected chi connectivity index (χ4v) is 3.20. The average molecular weight is 369 g/mol. The fraction of sp³-hybridized carbons (Fsp3) is 0.391. The molecule has 27 heavy (non-hydrogen) atoms. The molecular weight excluding hydrogens is 336 g/mol. The maximum absolute atomic E-state index is 5.34. The van der Waals surface area contributed by atoms with Crippen LogP contribution in [-0.2, 0) is 9.47 Å². The van der Waals surface area contributed by atoms with Gasteiger partial charge in [-0.15, -0.1) is 0 Å². The van der Waals surface area contributed by atoms with E-state index < -0.39 is 0 Å². The van der Waals surface area contributed by atoms with Gasteiger partial charge in [-0.25, -0.2) is 0 Å². The molecule has 0 atom stereocenters. The van der Waals surface area contributed by atoms with Gasteiger partial charge in [0, 0.05) is 26.1 Å². The Labute approximate surface area is 163 Å². The summed E-state index contributed by atoms with van der Waals surface area (Å²) < 4.78 is 10.5. The van der Waals surface area contributed by atoms with Crippen LogP contribution >= 0.6 is 0 Å². The molecule has 0 saturated heterocycles. The smallest absolute Gasteiger partial charge is 0.0639 e. The van der Waals surface area contributed by atoms with Gasteiger partial charge in [-0.3, -0.25) is 0 Å². The maximum atomic E-state index is 5.34. The van der Waals surface area contributed by atoms with Gasteiger partial charge >= 0.3 is 0 Å². The summed E-state index contributed by atoms with van der Waals surface area (Å²) in [5.74, 6) is 0.400. The maximum Gasteiger partial charge on any atom is 0.0639 e. The second-order valence-electron chi connectivity index (χ2n) is 6.76. The van der Waals surface area contributed by atoms with Crippen molar-refractivity contribution in [3.63, 3.8) is 0 Å². The largest absolute Gasteiger partial charge is 0.389 e. The summed E-state index contributed by atoms with van der Waals surface area (Å²) in [6.07, 6.45) is 1.98. The first-order valence-corrected chi connectivity index (χ1v) is 9.50. The van der Waals surface area contributed by atoms with Gasteiger partial charge in [0.1, 0.15) is 0 Å². The van der Waals surface area contributed by atoms with E-state index >= 15 is 0 Å². The van der Waals surface area contributed by atoms with Crippen LogP contribution < -0.4 is 11.1 Å². The minimum atomic E-state index is 0.400. The zero-order valence-electron chi connectivity index (χ0n) is 16.7. The Balaban J connectivity index is 0.000000211. The number of fused-ring (bicyclic) bond motifs is 3. The molecule has 1 aliphatic rings.